The molecular formula is C32H38N6O5. The maximum atomic E-state index is 13.3. The topological polar surface area (TPSA) is 139 Å². The fourth-order valence-corrected chi connectivity index (χ4v) is 5.58. The molecule has 1 saturated carbocycles. The van der Waals surface area contributed by atoms with E-state index in [2.05, 4.69) is 20.5 Å². The number of aromatic nitrogens is 1. The molecular weight excluding hydrogens is 548 g/mol. The van der Waals surface area contributed by atoms with Crippen LogP contribution in [-0.2, 0) is 0 Å². The molecule has 226 valence electrons. The second kappa shape index (κ2) is 13.6. The molecule has 1 aliphatic carbocycles. The van der Waals surface area contributed by atoms with Gasteiger partial charge in [-0.1, -0.05) is 0 Å². The molecule has 0 spiro atoms. The lowest BCUT2D eigenvalue weighted by Gasteiger charge is -2.37. The van der Waals surface area contributed by atoms with Gasteiger partial charge in [-0.3, -0.25) is 19.4 Å². The van der Waals surface area contributed by atoms with Crippen LogP contribution in [0.2, 0.25) is 0 Å². The van der Waals surface area contributed by atoms with Crippen LogP contribution < -0.4 is 30.7 Å². The number of hydrogen-bond donors (Lipinski definition) is 3. The van der Waals surface area contributed by atoms with Gasteiger partial charge in [0.25, 0.3) is 17.7 Å². The van der Waals surface area contributed by atoms with Crippen LogP contribution in [0.5, 0.6) is 11.5 Å². The monoisotopic (exact) mass is 586 g/mol. The van der Waals surface area contributed by atoms with E-state index in [4.69, 9.17) is 15.2 Å². The summed E-state index contributed by atoms with van der Waals surface area (Å²) in [6.07, 6.45) is 6.57. The zero-order valence-corrected chi connectivity index (χ0v) is 24.5. The number of hydrogen-bond acceptors (Lipinski definition) is 8. The van der Waals surface area contributed by atoms with Crippen LogP contribution in [0.1, 0.15) is 56.8 Å². The van der Waals surface area contributed by atoms with Crippen LogP contribution in [0.25, 0.3) is 0 Å². The largest absolute Gasteiger partial charge is 0.493 e. The van der Waals surface area contributed by atoms with E-state index in [-0.39, 0.29) is 29.8 Å². The number of nitrogens with zero attached hydrogens (tertiary/aromatic N) is 3. The number of benzene rings is 2. The molecule has 2 aliphatic rings. The van der Waals surface area contributed by atoms with Gasteiger partial charge in [0.15, 0.2) is 11.5 Å². The lowest BCUT2D eigenvalue weighted by atomic mass is 9.91. The summed E-state index contributed by atoms with van der Waals surface area (Å²) < 4.78 is 10.7. The molecule has 0 radical (unpaired) electrons. The first-order chi connectivity index (χ1) is 20.9. The SMILES string of the molecule is COc1ccc(C(=O)N2CCN(c3ccc(C(=O)NC4CCC(N)CC4)cc3NC(=O)c3cccnc3)CC2)cc1OC. The molecule has 4 N–H and O–H groups in total. The number of nitrogens with one attached hydrogen (secondary N) is 2. The van der Waals surface area contributed by atoms with Crippen LogP contribution in [0, 0.1) is 0 Å². The van der Waals surface area contributed by atoms with Crippen molar-refractivity contribution in [2.75, 3.05) is 50.6 Å². The quantitative estimate of drug-likeness (QED) is 0.366. The predicted molar refractivity (Wildman–Crippen MR) is 164 cm³/mol. The van der Waals surface area contributed by atoms with Crippen molar-refractivity contribution in [3.8, 4) is 11.5 Å². The highest BCUT2D eigenvalue weighted by atomic mass is 16.5. The lowest BCUT2D eigenvalue weighted by Crippen LogP contribution is -2.49. The molecule has 5 rings (SSSR count). The summed E-state index contributed by atoms with van der Waals surface area (Å²) in [5, 5.41) is 6.11. The van der Waals surface area contributed by atoms with Gasteiger partial charge in [0.2, 0.25) is 0 Å². The summed E-state index contributed by atoms with van der Waals surface area (Å²) >= 11 is 0. The first kappa shape index (κ1) is 29.8. The number of methoxy groups -OCH3 is 2. The minimum Gasteiger partial charge on any atom is -0.493 e. The zero-order chi connectivity index (χ0) is 30.3. The van der Waals surface area contributed by atoms with E-state index in [0.717, 1.165) is 31.4 Å². The Hall–Kier alpha value is -4.64. The fraction of sp³-hybridized carbons (Fsp3) is 0.375. The number of nitrogens with two attached hydrogens (primary N) is 1. The number of carbonyl (C=O) groups excluding carboxylic acids is 3. The van der Waals surface area contributed by atoms with Crippen molar-refractivity contribution >= 4 is 29.1 Å². The Labute approximate surface area is 251 Å². The number of rotatable bonds is 8. The molecule has 0 atom stereocenters. The van der Waals surface area contributed by atoms with Crippen LogP contribution in [0.15, 0.2) is 60.9 Å². The molecule has 2 fully saturated rings. The molecule has 2 aromatic carbocycles. The Morgan fingerprint density at radius 1 is 0.837 bits per heavy atom. The van der Waals surface area contributed by atoms with Crippen molar-refractivity contribution < 1.29 is 23.9 Å². The van der Waals surface area contributed by atoms with Crippen LogP contribution in [-0.4, -0.2) is 80.1 Å². The van der Waals surface area contributed by atoms with Crippen molar-refractivity contribution in [2.24, 2.45) is 5.73 Å². The summed E-state index contributed by atoms with van der Waals surface area (Å²) in [6, 6.07) is 14.1. The van der Waals surface area contributed by atoms with E-state index in [1.807, 2.05) is 6.07 Å². The maximum Gasteiger partial charge on any atom is 0.257 e. The summed E-state index contributed by atoms with van der Waals surface area (Å²) in [4.78, 5) is 47.5. The molecule has 3 amide bonds. The normalized spacial score (nSPS) is 18.5. The molecule has 1 aromatic heterocycles. The average molecular weight is 587 g/mol. The first-order valence-electron chi connectivity index (χ1n) is 14.5. The Balaban J connectivity index is 1.32. The van der Waals surface area contributed by atoms with E-state index in [0.29, 0.717) is 60.1 Å². The molecule has 1 saturated heterocycles. The third-order valence-corrected chi connectivity index (χ3v) is 8.08. The second-order valence-electron chi connectivity index (χ2n) is 10.9. The van der Waals surface area contributed by atoms with Crippen molar-refractivity contribution in [3.63, 3.8) is 0 Å². The lowest BCUT2D eigenvalue weighted by molar-refractivity contribution is 0.0746. The van der Waals surface area contributed by atoms with Gasteiger partial charge in [-0.2, -0.15) is 0 Å². The van der Waals surface area contributed by atoms with Crippen LogP contribution >= 0.6 is 0 Å². The molecule has 1 aliphatic heterocycles. The minimum atomic E-state index is -0.324. The molecule has 43 heavy (non-hydrogen) atoms. The third kappa shape index (κ3) is 7.06. The Bertz CT molecular complexity index is 1450. The standard InChI is InChI=1S/C32H38N6O5/c1-42-28-12-6-22(19-29(28)43-2)32(41)38-16-14-37(15-17-38)27-11-5-21(30(39)35-25-9-7-24(33)8-10-25)18-26(27)36-31(40)23-4-3-13-34-20-23/h3-6,11-13,18-20,24-25H,7-10,14-17,33H2,1-2H3,(H,35,39)(H,36,40). The Morgan fingerprint density at radius 3 is 2.23 bits per heavy atom. The zero-order valence-electron chi connectivity index (χ0n) is 24.5. The van der Waals surface area contributed by atoms with Crippen molar-refractivity contribution in [2.45, 2.75) is 37.8 Å². The van der Waals surface area contributed by atoms with Gasteiger partial charge in [0.05, 0.1) is 31.2 Å². The number of pyridine rings is 1. The smallest absolute Gasteiger partial charge is 0.257 e. The van der Waals surface area contributed by atoms with Gasteiger partial charge in [0, 0.05) is 61.8 Å². The van der Waals surface area contributed by atoms with Crippen molar-refractivity contribution in [1.29, 1.82) is 0 Å². The highest BCUT2D eigenvalue weighted by molar-refractivity contribution is 6.07. The predicted octanol–water partition coefficient (Wildman–Crippen LogP) is 3.31. The number of carbonyl (C=O) groups is 3. The van der Waals surface area contributed by atoms with Crippen LogP contribution in [0.4, 0.5) is 11.4 Å². The summed E-state index contributed by atoms with van der Waals surface area (Å²) in [7, 11) is 3.09. The number of ether oxygens (including phenoxy) is 2. The molecule has 11 heteroatoms. The van der Waals surface area contributed by atoms with Gasteiger partial charge < -0.3 is 35.6 Å². The maximum absolute atomic E-state index is 13.3. The van der Waals surface area contributed by atoms with Gasteiger partial charge in [0.1, 0.15) is 0 Å². The van der Waals surface area contributed by atoms with E-state index in [9.17, 15) is 14.4 Å². The van der Waals surface area contributed by atoms with E-state index >= 15 is 0 Å². The van der Waals surface area contributed by atoms with E-state index < -0.39 is 0 Å². The minimum absolute atomic E-state index is 0.0803. The highest BCUT2D eigenvalue weighted by Gasteiger charge is 2.26. The summed E-state index contributed by atoms with van der Waals surface area (Å²) in [5.41, 5.74) is 8.71. The van der Waals surface area contributed by atoms with Gasteiger partial charge in [-0.05, 0) is 74.2 Å². The van der Waals surface area contributed by atoms with Crippen LogP contribution in [0.3, 0.4) is 0 Å². The van der Waals surface area contributed by atoms with Gasteiger partial charge >= 0.3 is 0 Å². The third-order valence-electron chi connectivity index (χ3n) is 8.08. The van der Waals surface area contributed by atoms with E-state index in [1.165, 1.54) is 13.3 Å². The number of anilines is 2. The number of piperazine rings is 1. The Morgan fingerprint density at radius 2 is 1.56 bits per heavy atom. The summed E-state index contributed by atoms with van der Waals surface area (Å²) in [5.74, 6) is 0.452. The molecule has 2 heterocycles. The molecule has 11 nitrogen and oxygen atoms in total. The fourth-order valence-electron chi connectivity index (χ4n) is 5.58. The molecule has 0 bridgehead atoms. The second-order valence-corrected chi connectivity index (χ2v) is 10.9. The molecule has 0 unspecified atom stereocenters. The molecule has 3 aromatic rings. The first-order valence-corrected chi connectivity index (χ1v) is 14.5. The summed E-state index contributed by atoms with van der Waals surface area (Å²) in [6.45, 7) is 2.05. The Kier molecular flexibility index (Phi) is 9.41. The highest BCUT2D eigenvalue weighted by Crippen LogP contribution is 2.31. The number of amides is 3. The average Bonchev–Trinajstić information content (AvgIpc) is 3.05. The van der Waals surface area contributed by atoms with E-state index in [1.54, 1.807) is 60.7 Å². The van der Waals surface area contributed by atoms with Crippen molar-refractivity contribution in [1.82, 2.24) is 15.2 Å². The van der Waals surface area contributed by atoms with Crippen molar-refractivity contribution in [3.05, 3.63) is 77.6 Å². The van der Waals surface area contributed by atoms with Gasteiger partial charge in [-0.15, -0.1) is 0 Å². The van der Waals surface area contributed by atoms with Gasteiger partial charge in [-0.25, -0.2) is 0 Å².